The van der Waals surface area contributed by atoms with Crippen LogP contribution in [-0.4, -0.2) is 42.8 Å². The summed E-state index contributed by atoms with van der Waals surface area (Å²) in [6.07, 6.45) is 3.05. The number of carbonyl (C=O) groups excluding carboxylic acids is 2. The molecule has 35 heavy (non-hydrogen) atoms. The lowest BCUT2D eigenvalue weighted by molar-refractivity contribution is -0.137. The van der Waals surface area contributed by atoms with Gasteiger partial charge in [-0.2, -0.15) is 0 Å². The van der Waals surface area contributed by atoms with Crippen LogP contribution < -0.4 is 10.6 Å². The second-order valence-corrected chi connectivity index (χ2v) is 9.87. The standard InChI is InChI=1S/C28H34N2O5/c1-18(10-13-26(31)32)15-29-27(33)20(14-19-11-12-19)16-30-28(34)35-17-25-23-8-4-2-6-21(23)22-7-3-5-9-24(22)25/h2-9,18-20,25H,10-17H2,1H3,(H,29,33)(H,30,34)(H,31,32). The summed E-state index contributed by atoms with van der Waals surface area (Å²) in [6, 6.07) is 16.4. The van der Waals surface area contributed by atoms with Crippen LogP contribution in [0.5, 0.6) is 0 Å². The number of rotatable bonds is 12. The van der Waals surface area contributed by atoms with E-state index in [1.807, 2.05) is 31.2 Å². The quantitative estimate of drug-likeness (QED) is 0.415. The zero-order valence-electron chi connectivity index (χ0n) is 20.2. The predicted octanol–water partition coefficient (Wildman–Crippen LogP) is 4.56. The monoisotopic (exact) mass is 478 g/mol. The fraction of sp³-hybridized carbons (Fsp3) is 0.464. The number of carboxylic acids is 1. The molecule has 2 aromatic rings. The van der Waals surface area contributed by atoms with Gasteiger partial charge in [-0.1, -0.05) is 68.3 Å². The second-order valence-electron chi connectivity index (χ2n) is 9.87. The first-order chi connectivity index (χ1) is 16.9. The van der Waals surface area contributed by atoms with Gasteiger partial charge in [-0.3, -0.25) is 9.59 Å². The summed E-state index contributed by atoms with van der Waals surface area (Å²) in [5.74, 6) is -0.660. The maximum atomic E-state index is 12.8. The average molecular weight is 479 g/mol. The summed E-state index contributed by atoms with van der Waals surface area (Å²) in [6.45, 7) is 2.81. The molecule has 7 heteroatoms. The Hall–Kier alpha value is -3.35. The van der Waals surface area contributed by atoms with Gasteiger partial charge in [0.1, 0.15) is 6.61 Å². The summed E-state index contributed by atoms with van der Waals surface area (Å²) in [4.78, 5) is 36.1. The van der Waals surface area contributed by atoms with Crippen molar-refractivity contribution in [3.63, 3.8) is 0 Å². The summed E-state index contributed by atoms with van der Waals surface area (Å²) < 4.78 is 5.61. The Labute approximate surface area is 206 Å². The number of carboxylic acid groups (broad SMARTS) is 1. The van der Waals surface area contributed by atoms with Crippen LogP contribution in [0.4, 0.5) is 4.79 Å². The molecule has 0 heterocycles. The van der Waals surface area contributed by atoms with Crippen molar-refractivity contribution >= 4 is 18.0 Å². The van der Waals surface area contributed by atoms with E-state index in [0.717, 1.165) is 30.4 Å². The molecule has 186 valence electrons. The lowest BCUT2D eigenvalue weighted by Crippen LogP contribution is -2.41. The molecule has 2 atom stereocenters. The fourth-order valence-electron chi connectivity index (χ4n) is 4.79. The molecule has 0 bridgehead atoms. The first-order valence-electron chi connectivity index (χ1n) is 12.5. The van der Waals surface area contributed by atoms with Gasteiger partial charge in [-0.15, -0.1) is 0 Å². The Balaban J connectivity index is 1.28. The van der Waals surface area contributed by atoms with Gasteiger partial charge in [-0.05, 0) is 46.9 Å². The van der Waals surface area contributed by atoms with Crippen molar-refractivity contribution in [2.45, 2.75) is 44.9 Å². The minimum Gasteiger partial charge on any atom is -0.481 e. The van der Waals surface area contributed by atoms with Crippen molar-refractivity contribution in [1.29, 1.82) is 0 Å². The van der Waals surface area contributed by atoms with Crippen LogP contribution in [0.1, 0.15) is 56.1 Å². The van der Waals surface area contributed by atoms with Gasteiger partial charge >= 0.3 is 12.1 Å². The molecular formula is C28H34N2O5. The molecule has 7 nitrogen and oxygen atoms in total. The highest BCUT2D eigenvalue weighted by atomic mass is 16.5. The molecule has 4 rings (SSSR count). The van der Waals surface area contributed by atoms with Gasteiger partial charge in [0, 0.05) is 25.4 Å². The third-order valence-corrected chi connectivity index (χ3v) is 7.00. The number of amides is 2. The Morgan fingerprint density at radius 1 is 0.971 bits per heavy atom. The Kier molecular flexibility index (Phi) is 8.06. The minimum absolute atomic E-state index is 0.00833. The first kappa shape index (κ1) is 24.8. The van der Waals surface area contributed by atoms with Crippen molar-refractivity contribution in [3.05, 3.63) is 59.7 Å². The first-order valence-corrected chi connectivity index (χ1v) is 12.5. The van der Waals surface area contributed by atoms with E-state index in [9.17, 15) is 14.4 Å². The fourth-order valence-corrected chi connectivity index (χ4v) is 4.79. The number of carbonyl (C=O) groups is 3. The lowest BCUT2D eigenvalue weighted by Gasteiger charge is -2.20. The molecular weight excluding hydrogens is 444 g/mol. The number of nitrogens with one attached hydrogen (secondary N) is 2. The molecule has 0 aliphatic heterocycles. The lowest BCUT2D eigenvalue weighted by atomic mass is 9.98. The van der Waals surface area contributed by atoms with E-state index < -0.39 is 12.1 Å². The second kappa shape index (κ2) is 11.4. The normalized spacial score (nSPS) is 16.0. The molecule has 1 fully saturated rings. The summed E-state index contributed by atoms with van der Waals surface area (Å²) in [5, 5.41) is 14.6. The molecule has 3 N–H and O–H groups in total. The molecule has 1 saturated carbocycles. The van der Waals surface area contributed by atoms with Gasteiger partial charge < -0.3 is 20.5 Å². The van der Waals surface area contributed by atoms with Gasteiger partial charge in [-0.25, -0.2) is 4.79 Å². The molecule has 0 radical (unpaired) electrons. The number of hydrogen-bond acceptors (Lipinski definition) is 4. The number of ether oxygens (including phenoxy) is 1. The van der Waals surface area contributed by atoms with Gasteiger partial charge in [0.15, 0.2) is 0 Å². The smallest absolute Gasteiger partial charge is 0.407 e. The van der Waals surface area contributed by atoms with E-state index in [0.29, 0.717) is 18.9 Å². The Morgan fingerprint density at radius 2 is 1.60 bits per heavy atom. The van der Waals surface area contributed by atoms with Crippen LogP contribution in [-0.2, 0) is 14.3 Å². The Bertz CT molecular complexity index is 1020. The van der Waals surface area contributed by atoms with Crippen molar-refractivity contribution in [2.75, 3.05) is 19.7 Å². The SMILES string of the molecule is CC(CCC(=O)O)CNC(=O)C(CNC(=O)OCC1c2ccccc2-c2ccccc21)CC1CC1. The van der Waals surface area contributed by atoms with E-state index in [2.05, 4.69) is 34.9 Å². The van der Waals surface area contributed by atoms with Crippen molar-refractivity contribution < 1.29 is 24.2 Å². The molecule has 2 aliphatic rings. The zero-order valence-corrected chi connectivity index (χ0v) is 20.2. The van der Waals surface area contributed by atoms with Crippen LogP contribution in [0.25, 0.3) is 11.1 Å². The molecule has 0 aromatic heterocycles. The van der Waals surface area contributed by atoms with Crippen molar-refractivity contribution in [1.82, 2.24) is 10.6 Å². The van der Waals surface area contributed by atoms with Crippen LogP contribution in [0.3, 0.4) is 0 Å². The molecule has 2 unspecified atom stereocenters. The van der Waals surface area contributed by atoms with Crippen LogP contribution in [0.15, 0.2) is 48.5 Å². The summed E-state index contributed by atoms with van der Waals surface area (Å²) in [7, 11) is 0. The van der Waals surface area contributed by atoms with E-state index in [1.54, 1.807) is 0 Å². The topological polar surface area (TPSA) is 105 Å². The molecule has 2 aromatic carbocycles. The predicted molar refractivity (Wildman–Crippen MR) is 133 cm³/mol. The zero-order chi connectivity index (χ0) is 24.8. The maximum absolute atomic E-state index is 12.8. The number of benzene rings is 2. The largest absolute Gasteiger partial charge is 0.481 e. The van der Waals surface area contributed by atoms with E-state index in [-0.39, 0.29) is 43.2 Å². The average Bonchev–Trinajstić information content (AvgIpc) is 3.63. The highest BCUT2D eigenvalue weighted by Gasteiger charge is 2.31. The van der Waals surface area contributed by atoms with Crippen molar-refractivity contribution in [3.8, 4) is 11.1 Å². The van der Waals surface area contributed by atoms with Gasteiger partial charge in [0.05, 0.1) is 5.92 Å². The number of fused-ring (bicyclic) bond motifs is 3. The highest BCUT2D eigenvalue weighted by molar-refractivity contribution is 5.80. The van der Waals surface area contributed by atoms with Crippen LogP contribution in [0.2, 0.25) is 0 Å². The molecule has 0 spiro atoms. The van der Waals surface area contributed by atoms with Crippen LogP contribution in [0, 0.1) is 17.8 Å². The van der Waals surface area contributed by atoms with Crippen molar-refractivity contribution in [2.24, 2.45) is 17.8 Å². The number of alkyl carbamates (subject to hydrolysis) is 1. The third-order valence-electron chi connectivity index (χ3n) is 7.00. The minimum atomic E-state index is -0.831. The summed E-state index contributed by atoms with van der Waals surface area (Å²) in [5.41, 5.74) is 4.67. The Morgan fingerprint density at radius 3 is 2.20 bits per heavy atom. The summed E-state index contributed by atoms with van der Waals surface area (Å²) >= 11 is 0. The highest BCUT2D eigenvalue weighted by Crippen LogP contribution is 2.44. The van der Waals surface area contributed by atoms with E-state index in [4.69, 9.17) is 9.84 Å². The van der Waals surface area contributed by atoms with E-state index >= 15 is 0 Å². The molecule has 2 amide bonds. The van der Waals surface area contributed by atoms with Crippen LogP contribution >= 0.6 is 0 Å². The third kappa shape index (κ3) is 6.62. The number of aliphatic carboxylic acids is 1. The van der Waals surface area contributed by atoms with Gasteiger partial charge in [0.2, 0.25) is 5.91 Å². The maximum Gasteiger partial charge on any atom is 0.407 e. The van der Waals surface area contributed by atoms with Gasteiger partial charge in [0.25, 0.3) is 0 Å². The molecule has 2 aliphatic carbocycles. The van der Waals surface area contributed by atoms with E-state index in [1.165, 1.54) is 11.1 Å². The number of hydrogen-bond donors (Lipinski definition) is 3. The molecule has 0 saturated heterocycles.